The summed E-state index contributed by atoms with van der Waals surface area (Å²) in [6, 6.07) is 17.3. The van der Waals surface area contributed by atoms with Crippen LogP contribution in [0, 0.1) is 0 Å². The third-order valence-electron chi connectivity index (χ3n) is 5.37. The van der Waals surface area contributed by atoms with E-state index in [2.05, 4.69) is 15.6 Å². The zero-order valence-electron chi connectivity index (χ0n) is 17.7. The van der Waals surface area contributed by atoms with Crippen molar-refractivity contribution in [1.29, 1.82) is 0 Å². The SMILES string of the molecule is COC(=O)c1ccc(OC)c(Nc2cc(-c3ccccc3)nc(NC3CCCC3)n2)c1. The summed E-state index contributed by atoms with van der Waals surface area (Å²) in [6.07, 6.45) is 4.69. The van der Waals surface area contributed by atoms with Crippen molar-refractivity contribution in [2.24, 2.45) is 0 Å². The molecule has 3 aromatic rings. The number of hydrogen-bond acceptors (Lipinski definition) is 7. The van der Waals surface area contributed by atoms with Crippen LogP contribution in [-0.2, 0) is 4.74 Å². The Balaban J connectivity index is 1.70. The van der Waals surface area contributed by atoms with Crippen LogP contribution in [0.15, 0.2) is 54.6 Å². The highest BCUT2D eigenvalue weighted by molar-refractivity contribution is 5.91. The van der Waals surface area contributed by atoms with Crippen LogP contribution in [0.25, 0.3) is 11.3 Å². The first kappa shape index (κ1) is 20.7. The number of nitrogens with zero attached hydrogens (tertiary/aromatic N) is 2. The molecule has 0 aliphatic heterocycles. The van der Waals surface area contributed by atoms with Gasteiger partial charge in [-0.2, -0.15) is 4.98 Å². The summed E-state index contributed by atoms with van der Waals surface area (Å²) >= 11 is 0. The summed E-state index contributed by atoms with van der Waals surface area (Å²) in [4.78, 5) is 21.4. The molecule has 0 atom stereocenters. The maximum atomic E-state index is 12.0. The molecule has 1 aliphatic carbocycles. The Hall–Kier alpha value is -3.61. The summed E-state index contributed by atoms with van der Waals surface area (Å²) in [5.41, 5.74) is 2.85. The van der Waals surface area contributed by atoms with Crippen molar-refractivity contribution in [3.63, 3.8) is 0 Å². The van der Waals surface area contributed by atoms with Gasteiger partial charge in [-0.3, -0.25) is 0 Å². The van der Waals surface area contributed by atoms with Crippen LogP contribution in [0.1, 0.15) is 36.0 Å². The number of aromatic nitrogens is 2. The van der Waals surface area contributed by atoms with Crippen molar-refractivity contribution in [3.8, 4) is 17.0 Å². The number of rotatable bonds is 7. The number of carbonyl (C=O) groups is 1. The third-order valence-corrected chi connectivity index (χ3v) is 5.37. The number of esters is 1. The molecule has 1 aliphatic rings. The van der Waals surface area contributed by atoms with Crippen LogP contribution in [0.5, 0.6) is 5.75 Å². The van der Waals surface area contributed by atoms with Crippen LogP contribution in [-0.4, -0.2) is 36.2 Å². The van der Waals surface area contributed by atoms with E-state index in [1.54, 1.807) is 25.3 Å². The molecule has 1 saturated carbocycles. The first-order valence-corrected chi connectivity index (χ1v) is 10.4. The first-order valence-electron chi connectivity index (χ1n) is 10.4. The van der Waals surface area contributed by atoms with E-state index in [9.17, 15) is 4.79 Å². The van der Waals surface area contributed by atoms with Crippen molar-refractivity contribution < 1.29 is 14.3 Å². The maximum Gasteiger partial charge on any atom is 0.337 e. The quantitative estimate of drug-likeness (QED) is 0.520. The van der Waals surface area contributed by atoms with Gasteiger partial charge >= 0.3 is 5.97 Å². The average molecular weight is 418 g/mol. The predicted octanol–water partition coefficient (Wildman–Crippen LogP) is 5.04. The van der Waals surface area contributed by atoms with E-state index in [0.717, 1.165) is 24.1 Å². The second kappa shape index (κ2) is 9.47. The summed E-state index contributed by atoms with van der Waals surface area (Å²) in [5.74, 6) is 1.37. The highest BCUT2D eigenvalue weighted by atomic mass is 16.5. The van der Waals surface area contributed by atoms with Crippen molar-refractivity contribution >= 4 is 23.4 Å². The smallest absolute Gasteiger partial charge is 0.337 e. The Morgan fingerprint density at radius 3 is 2.48 bits per heavy atom. The van der Waals surface area contributed by atoms with Crippen LogP contribution in [0.4, 0.5) is 17.5 Å². The lowest BCUT2D eigenvalue weighted by Crippen LogP contribution is -2.17. The zero-order chi connectivity index (χ0) is 21.6. The minimum Gasteiger partial charge on any atom is -0.495 e. The van der Waals surface area contributed by atoms with Crippen LogP contribution in [0.3, 0.4) is 0 Å². The highest BCUT2D eigenvalue weighted by Crippen LogP contribution is 2.31. The van der Waals surface area contributed by atoms with Crippen molar-refractivity contribution in [3.05, 3.63) is 60.2 Å². The molecule has 31 heavy (non-hydrogen) atoms. The average Bonchev–Trinajstić information content (AvgIpc) is 3.32. The van der Waals surface area contributed by atoms with Gasteiger partial charge in [-0.25, -0.2) is 9.78 Å². The molecule has 0 radical (unpaired) electrons. The fourth-order valence-corrected chi connectivity index (χ4v) is 3.77. The summed E-state index contributed by atoms with van der Waals surface area (Å²) < 4.78 is 10.3. The van der Waals surface area contributed by atoms with Gasteiger partial charge in [-0.15, -0.1) is 0 Å². The molecule has 4 rings (SSSR count). The Bertz CT molecular complexity index is 1050. The second-order valence-electron chi connectivity index (χ2n) is 7.49. The highest BCUT2D eigenvalue weighted by Gasteiger charge is 2.17. The van der Waals surface area contributed by atoms with E-state index in [-0.39, 0.29) is 0 Å². The van der Waals surface area contributed by atoms with Gasteiger partial charge in [0.25, 0.3) is 0 Å². The minimum absolute atomic E-state index is 0.385. The van der Waals surface area contributed by atoms with Gasteiger partial charge in [0.1, 0.15) is 11.6 Å². The van der Waals surface area contributed by atoms with E-state index in [0.29, 0.717) is 34.8 Å². The predicted molar refractivity (Wildman–Crippen MR) is 121 cm³/mol. The minimum atomic E-state index is -0.415. The molecule has 0 amide bonds. The number of ether oxygens (including phenoxy) is 2. The van der Waals surface area contributed by atoms with Crippen molar-refractivity contribution in [1.82, 2.24) is 9.97 Å². The van der Waals surface area contributed by atoms with Crippen LogP contribution >= 0.6 is 0 Å². The molecular weight excluding hydrogens is 392 g/mol. The molecule has 160 valence electrons. The molecule has 7 nitrogen and oxygen atoms in total. The lowest BCUT2D eigenvalue weighted by atomic mass is 10.1. The first-order chi connectivity index (χ1) is 15.2. The number of hydrogen-bond donors (Lipinski definition) is 2. The maximum absolute atomic E-state index is 12.0. The lowest BCUT2D eigenvalue weighted by molar-refractivity contribution is 0.0600. The summed E-state index contributed by atoms with van der Waals surface area (Å²) in [7, 11) is 2.94. The number of benzene rings is 2. The van der Waals surface area contributed by atoms with Gasteiger partial charge in [0.2, 0.25) is 5.95 Å². The fourth-order valence-electron chi connectivity index (χ4n) is 3.77. The van der Waals surface area contributed by atoms with Gasteiger partial charge in [0.05, 0.1) is 31.2 Å². The van der Waals surface area contributed by atoms with Crippen LogP contribution < -0.4 is 15.4 Å². The molecule has 7 heteroatoms. The Kier molecular flexibility index (Phi) is 6.31. The molecule has 0 spiro atoms. The molecule has 0 saturated heterocycles. The monoisotopic (exact) mass is 418 g/mol. The summed E-state index contributed by atoms with van der Waals surface area (Å²) in [5, 5.41) is 6.77. The molecule has 1 aromatic heterocycles. The van der Waals surface area contributed by atoms with Gasteiger partial charge in [-0.1, -0.05) is 43.2 Å². The second-order valence-corrected chi connectivity index (χ2v) is 7.49. The van der Waals surface area contributed by atoms with E-state index in [1.807, 2.05) is 36.4 Å². The molecule has 1 heterocycles. The molecular formula is C24H26N4O3. The normalized spacial score (nSPS) is 13.6. The van der Waals surface area contributed by atoms with E-state index in [1.165, 1.54) is 20.0 Å². The van der Waals surface area contributed by atoms with Gasteiger partial charge in [0, 0.05) is 17.7 Å². The van der Waals surface area contributed by atoms with E-state index >= 15 is 0 Å². The van der Waals surface area contributed by atoms with Gasteiger partial charge in [-0.05, 0) is 31.0 Å². The van der Waals surface area contributed by atoms with E-state index < -0.39 is 5.97 Å². The third kappa shape index (κ3) is 4.94. The molecule has 2 aromatic carbocycles. The number of nitrogens with one attached hydrogen (secondary N) is 2. The number of methoxy groups -OCH3 is 2. The van der Waals surface area contributed by atoms with Gasteiger partial charge < -0.3 is 20.1 Å². The zero-order valence-corrected chi connectivity index (χ0v) is 17.7. The molecule has 0 bridgehead atoms. The standard InChI is InChI=1S/C24H26N4O3/c1-30-21-13-12-17(23(29)31-2)14-20(21)26-22-15-19(16-8-4-3-5-9-16)27-24(28-22)25-18-10-6-7-11-18/h3-5,8-9,12-15,18H,6-7,10-11H2,1-2H3,(H2,25,26,27,28). The molecule has 0 unspecified atom stereocenters. The molecule has 1 fully saturated rings. The molecule has 2 N–H and O–H groups in total. The van der Waals surface area contributed by atoms with Crippen LogP contribution in [0.2, 0.25) is 0 Å². The largest absolute Gasteiger partial charge is 0.495 e. The Morgan fingerprint density at radius 2 is 1.77 bits per heavy atom. The van der Waals surface area contributed by atoms with Crippen molar-refractivity contribution in [2.45, 2.75) is 31.7 Å². The number of anilines is 3. The fraction of sp³-hybridized carbons (Fsp3) is 0.292. The Labute approximate surface area is 181 Å². The lowest BCUT2D eigenvalue weighted by Gasteiger charge is -2.16. The van der Waals surface area contributed by atoms with E-state index in [4.69, 9.17) is 14.5 Å². The van der Waals surface area contributed by atoms with Gasteiger partial charge in [0.15, 0.2) is 0 Å². The summed E-state index contributed by atoms with van der Waals surface area (Å²) in [6.45, 7) is 0. The Morgan fingerprint density at radius 1 is 1.00 bits per heavy atom. The van der Waals surface area contributed by atoms with Crippen molar-refractivity contribution in [2.75, 3.05) is 24.9 Å². The topological polar surface area (TPSA) is 85.4 Å². The number of carbonyl (C=O) groups excluding carboxylic acids is 1.